The van der Waals surface area contributed by atoms with Gasteiger partial charge in [0.1, 0.15) is 0 Å². The van der Waals surface area contributed by atoms with Crippen molar-refractivity contribution in [1.29, 1.82) is 0 Å². The van der Waals surface area contributed by atoms with E-state index in [0.717, 1.165) is 0 Å². The van der Waals surface area contributed by atoms with Crippen LogP contribution in [0.15, 0.2) is 103 Å². The predicted octanol–water partition coefficient (Wildman–Crippen LogP) is 15.8. The lowest BCUT2D eigenvalue weighted by molar-refractivity contribution is 0.332. The minimum Gasteiger partial charge on any atom is -0.311 e. The van der Waals surface area contributed by atoms with Gasteiger partial charge in [0, 0.05) is 43.3 Å². The van der Waals surface area contributed by atoms with E-state index < -0.39 is 0 Å². The van der Waals surface area contributed by atoms with Crippen molar-refractivity contribution in [1.82, 2.24) is 0 Å². The zero-order chi connectivity index (χ0) is 46.5. The Labute approximate surface area is 395 Å². The molecule has 65 heavy (non-hydrogen) atoms. The lowest BCUT2D eigenvalue weighted by atomic mass is 9.35. The normalized spacial score (nSPS) is 16.3. The highest BCUT2D eigenvalue weighted by molar-refractivity contribution is 7.33. The highest BCUT2D eigenvalue weighted by atomic mass is 32.1. The molecule has 2 nitrogen and oxygen atoms in total. The molecule has 0 spiro atoms. The first-order valence-electron chi connectivity index (χ1n) is 24.2. The minimum absolute atomic E-state index is 0.0116. The van der Waals surface area contributed by atoms with Crippen molar-refractivity contribution in [2.24, 2.45) is 0 Å². The molecule has 0 radical (unpaired) electrons. The number of anilines is 6. The Morgan fingerprint density at radius 3 is 1.74 bits per heavy atom. The van der Waals surface area contributed by atoms with Crippen LogP contribution in [0.1, 0.15) is 147 Å². The van der Waals surface area contributed by atoms with Gasteiger partial charge in [0.2, 0.25) is 0 Å². The van der Waals surface area contributed by atoms with Crippen molar-refractivity contribution in [3.63, 3.8) is 0 Å². The zero-order valence-electron chi connectivity index (χ0n) is 42.1. The first-order chi connectivity index (χ1) is 30.3. The fourth-order valence-electron chi connectivity index (χ4n) is 11.2. The lowest BCUT2D eigenvalue weighted by Gasteiger charge is -2.47. The van der Waals surface area contributed by atoms with Crippen LogP contribution in [0.2, 0.25) is 0 Å². The molecule has 0 saturated carbocycles. The Hall–Kier alpha value is -5.06. The van der Waals surface area contributed by atoms with E-state index in [1.54, 1.807) is 0 Å². The number of hydrogen-bond donors (Lipinski definition) is 0. The number of fused-ring (bicyclic) bond motifs is 7. The predicted molar refractivity (Wildman–Crippen MR) is 287 cm³/mol. The standard InChI is InChI=1S/C61H69BN2S/c1-36-27-51-54-52(28-36)64(49-23-21-39(29-38(49)3)44-20-18-17-19-37(44)2)50-35-47-46(60(13,14)25-26-61(47,15)16)34-48(50)62(54)56-55(45-33-40(57(4,5)6)22-24-53(45)65-56)63(51)43-31-41(58(7,8)9)30-42(32-43)59(10,11)12/h17-24,27-35H,25-26H2,1-16H3. The van der Waals surface area contributed by atoms with Crippen LogP contribution in [0.4, 0.5) is 34.1 Å². The van der Waals surface area contributed by atoms with Gasteiger partial charge in [0.25, 0.3) is 6.71 Å². The van der Waals surface area contributed by atoms with Gasteiger partial charge in [-0.2, -0.15) is 0 Å². The SMILES string of the molecule is Cc1cc2c3c(c1)N(c1cc(C(C)(C)C)cc(C(C)(C)C)c1)c1c(sc4ccc(C(C)(C)C)cc14)B3c1cc3c(cc1N2c1ccc(-c2ccccc2C)cc1C)C(C)(C)CCC3(C)C. The molecule has 3 aliphatic rings. The van der Waals surface area contributed by atoms with Crippen molar-refractivity contribution >= 4 is 78.0 Å². The first kappa shape index (κ1) is 43.8. The summed E-state index contributed by atoms with van der Waals surface area (Å²) in [5.41, 5.74) is 24.2. The topological polar surface area (TPSA) is 6.48 Å². The van der Waals surface area contributed by atoms with Crippen LogP contribution in [-0.2, 0) is 27.1 Å². The molecule has 0 N–H and O–H groups in total. The Kier molecular flexibility index (Phi) is 9.76. The van der Waals surface area contributed by atoms with Gasteiger partial charge >= 0.3 is 0 Å². The maximum absolute atomic E-state index is 2.70. The van der Waals surface area contributed by atoms with Gasteiger partial charge in [-0.25, -0.2) is 0 Å². The highest BCUT2D eigenvalue weighted by Crippen LogP contribution is 2.53. The third kappa shape index (κ3) is 7.03. The van der Waals surface area contributed by atoms with Crippen LogP contribution in [0.5, 0.6) is 0 Å². The number of hydrogen-bond acceptors (Lipinski definition) is 3. The van der Waals surface area contributed by atoms with Crippen LogP contribution in [0.3, 0.4) is 0 Å². The summed E-state index contributed by atoms with van der Waals surface area (Å²) in [6.07, 6.45) is 2.35. The highest BCUT2D eigenvalue weighted by Gasteiger charge is 2.48. The largest absolute Gasteiger partial charge is 0.311 e. The van der Waals surface area contributed by atoms with Crippen molar-refractivity contribution in [3.05, 3.63) is 148 Å². The molecular weight excluding hydrogens is 804 g/mol. The summed E-state index contributed by atoms with van der Waals surface area (Å²) in [7, 11) is 0. The third-order valence-corrected chi connectivity index (χ3v) is 16.7. The van der Waals surface area contributed by atoms with Gasteiger partial charge < -0.3 is 9.80 Å². The van der Waals surface area contributed by atoms with E-state index in [2.05, 4.69) is 224 Å². The van der Waals surface area contributed by atoms with Crippen molar-refractivity contribution < 1.29 is 0 Å². The van der Waals surface area contributed by atoms with Crippen molar-refractivity contribution in [3.8, 4) is 11.1 Å². The van der Waals surface area contributed by atoms with E-state index in [1.807, 2.05) is 11.3 Å². The maximum atomic E-state index is 2.70. The summed E-state index contributed by atoms with van der Waals surface area (Å²) in [6, 6.07) is 41.2. The van der Waals surface area contributed by atoms with Crippen molar-refractivity contribution in [2.45, 2.75) is 151 Å². The number of thiophene rings is 1. The molecule has 2 aliphatic heterocycles. The van der Waals surface area contributed by atoms with Gasteiger partial charge in [-0.3, -0.25) is 0 Å². The molecule has 0 unspecified atom stereocenters. The number of benzene rings is 6. The van der Waals surface area contributed by atoms with Gasteiger partial charge in [-0.15, -0.1) is 11.3 Å². The summed E-state index contributed by atoms with van der Waals surface area (Å²) in [5, 5.41) is 1.36. The molecule has 4 heteroatoms. The van der Waals surface area contributed by atoms with E-state index in [9.17, 15) is 0 Å². The molecule has 3 heterocycles. The van der Waals surface area contributed by atoms with Crippen LogP contribution < -0.4 is 25.5 Å². The second-order valence-electron chi connectivity index (χ2n) is 24.4. The molecule has 1 aromatic heterocycles. The molecular formula is C61H69BN2S. The molecule has 1 aliphatic carbocycles. The zero-order valence-corrected chi connectivity index (χ0v) is 42.9. The van der Waals surface area contributed by atoms with Gasteiger partial charge in [-0.1, -0.05) is 139 Å². The molecule has 0 saturated heterocycles. The number of rotatable bonds is 3. The molecule has 332 valence electrons. The monoisotopic (exact) mass is 873 g/mol. The van der Waals surface area contributed by atoms with Crippen LogP contribution in [0, 0.1) is 20.8 Å². The smallest absolute Gasteiger partial charge is 0.264 e. The summed E-state index contributed by atoms with van der Waals surface area (Å²) in [4.78, 5) is 5.38. The lowest BCUT2D eigenvalue weighted by Crippen LogP contribution is -2.61. The Morgan fingerprint density at radius 1 is 0.538 bits per heavy atom. The van der Waals surface area contributed by atoms with E-state index in [1.165, 1.54) is 128 Å². The van der Waals surface area contributed by atoms with Gasteiger partial charge in [-0.05, 0) is 182 Å². The van der Waals surface area contributed by atoms with Gasteiger partial charge in [0.15, 0.2) is 0 Å². The van der Waals surface area contributed by atoms with Crippen molar-refractivity contribution in [2.75, 3.05) is 9.80 Å². The average Bonchev–Trinajstić information content (AvgIpc) is 3.60. The Bertz CT molecular complexity index is 3070. The van der Waals surface area contributed by atoms with Crippen LogP contribution in [-0.4, -0.2) is 6.71 Å². The Morgan fingerprint density at radius 2 is 1.14 bits per heavy atom. The van der Waals surface area contributed by atoms with E-state index in [4.69, 9.17) is 0 Å². The molecule has 0 amide bonds. The van der Waals surface area contributed by atoms with E-state index in [0.29, 0.717) is 0 Å². The summed E-state index contributed by atoms with van der Waals surface area (Å²) < 4.78 is 2.80. The molecule has 10 rings (SSSR count). The molecule has 0 fully saturated rings. The van der Waals surface area contributed by atoms with E-state index in [-0.39, 0.29) is 33.8 Å². The molecule has 7 aromatic rings. The van der Waals surface area contributed by atoms with E-state index >= 15 is 0 Å². The third-order valence-electron chi connectivity index (χ3n) is 15.4. The summed E-state index contributed by atoms with van der Waals surface area (Å²) in [6.45, 7) is 38.1. The van der Waals surface area contributed by atoms with Gasteiger partial charge in [0.05, 0.1) is 5.69 Å². The molecule has 0 bridgehead atoms. The fraction of sp³-hybridized carbons (Fsp3) is 0.377. The fourth-order valence-corrected chi connectivity index (χ4v) is 12.5. The second kappa shape index (κ2) is 14.5. The van der Waals surface area contributed by atoms with Crippen LogP contribution >= 0.6 is 11.3 Å². The first-order valence-corrected chi connectivity index (χ1v) is 25.0. The summed E-state index contributed by atoms with van der Waals surface area (Å²) in [5.74, 6) is 0. The Balaban J connectivity index is 1.34. The maximum Gasteiger partial charge on any atom is 0.264 e. The quantitative estimate of drug-likeness (QED) is 0.163. The number of nitrogens with zero attached hydrogens (tertiary/aromatic N) is 2. The minimum atomic E-state index is -0.0310. The second-order valence-corrected chi connectivity index (χ2v) is 25.5. The number of aryl methyl sites for hydroxylation is 3. The van der Waals surface area contributed by atoms with Crippen LogP contribution in [0.25, 0.3) is 21.2 Å². The molecule has 6 aromatic carbocycles. The molecule has 0 atom stereocenters. The average molecular weight is 873 g/mol. The summed E-state index contributed by atoms with van der Waals surface area (Å²) >= 11 is 2.02.